The number of aromatic nitrogens is 2. The van der Waals surface area contributed by atoms with Gasteiger partial charge in [-0.1, -0.05) is 20.8 Å². The number of imidazole rings is 1. The van der Waals surface area contributed by atoms with Crippen molar-refractivity contribution in [2.45, 2.75) is 45.7 Å². The molecule has 20 heavy (non-hydrogen) atoms. The lowest BCUT2D eigenvalue weighted by molar-refractivity contribution is 0.308. The van der Waals surface area contributed by atoms with Crippen LogP contribution in [0, 0.1) is 5.41 Å². The predicted molar refractivity (Wildman–Crippen MR) is 80.9 cm³/mol. The van der Waals surface area contributed by atoms with Crippen molar-refractivity contribution in [2.24, 2.45) is 11.1 Å². The molecule has 4 nitrogen and oxygen atoms in total. The Hall–Kier alpha value is -1.55. The van der Waals surface area contributed by atoms with Gasteiger partial charge in [0.15, 0.2) is 0 Å². The quantitative estimate of drug-likeness (QED) is 0.932. The number of methoxy groups -OCH3 is 1. The number of fused-ring (bicyclic) bond motifs is 1. The molecular formula is C16H23N3O. The minimum Gasteiger partial charge on any atom is -0.497 e. The number of benzene rings is 1. The average Bonchev–Trinajstić information content (AvgIpc) is 3.16. The van der Waals surface area contributed by atoms with Gasteiger partial charge in [0.05, 0.1) is 24.2 Å². The van der Waals surface area contributed by atoms with Crippen molar-refractivity contribution in [2.75, 3.05) is 7.11 Å². The summed E-state index contributed by atoms with van der Waals surface area (Å²) in [6, 6.07) is 6.58. The number of hydrogen-bond donors (Lipinski definition) is 1. The fraction of sp³-hybridized carbons (Fsp3) is 0.562. The third-order valence-electron chi connectivity index (χ3n) is 4.05. The molecule has 1 aliphatic carbocycles. The van der Waals surface area contributed by atoms with E-state index in [0.717, 1.165) is 17.1 Å². The molecular weight excluding hydrogens is 250 g/mol. The highest BCUT2D eigenvalue weighted by atomic mass is 16.5. The number of rotatable bonds is 3. The average molecular weight is 273 g/mol. The Bertz CT molecular complexity index is 635. The molecule has 1 unspecified atom stereocenters. The molecule has 1 atom stereocenters. The highest BCUT2D eigenvalue weighted by Gasteiger charge is 2.33. The van der Waals surface area contributed by atoms with Crippen LogP contribution in [0.5, 0.6) is 5.75 Å². The van der Waals surface area contributed by atoms with Gasteiger partial charge in [-0.05, 0) is 30.4 Å². The van der Waals surface area contributed by atoms with Gasteiger partial charge >= 0.3 is 0 Å². The van der Waals surface area contributed by atoms with Crippen LogP contribution in [0.25, 0.3) is 11.0 Å². The van der Waals surface area contributed by atoms with E-state index in [1.54, 1.807) is 7.11 Å². The molecule has 1 aromatic carbocycles. The fourth-order valence-electron chi connectivity index (χ4n) is 2.55. The zero-order valence-corrected chi connectivity index (χ0v) is 12.7. The van der Waals surface area contributed by atoms with Crippen LogP contribution >= 0.6 is 0 Å². The van der Waals surface area contributed by atoms with Gasteiger partial charge < -0.3 is 15.0 Å². The number of hydrogen-bond acceptors (Lipinski definition) is 3. The second-order valence-corrected chi connectivity index (χ2v) is 6.77. The molecule has 1 aliphatic rings. The first kappa shape index (κ1) is 13.4. The first-order valence-electron chi connectivity index (χ1n) is 7.23. The Labute approximate surface area is 119 Å². The van der Waals surface area contributed by atoms with Crippen LogP contribution in [0.4, 0.5) is 0 Å². The van der Waals surface area contributed by atoms with Crippen molar-refractivity contribution < 1.29 is 4.74 Å². The standard InChI is InChI=1S/C16H23N3O/c1-16(2,3)14(17)15-18-12-9-11(20-4)7-8-13(12)19(15)10-5-6-10/h7-10,14H,5-6,17H2,1-4H3. The third kappa shape index (κ3) is 2.18. The summed E-state index contributed by atoms with van der Waals surface area (Å²) in [5, 5.41) is 0. The Morgan fingerprint density at radius 2 is 2.05 bits per heavy atom. The molecule has 0 bridgehead atoms. The Kier molecular flexibility index (Phi) is 3.01. The van der Waals surface area contributed by atoms with Crippen LogP contribution in [0.1, 0.15) is 51.5 Å². The smallest absolute Gasteiger partial charge is 0.127 e. The van der Waals surface area contributed by atoms with E-state index in [0.29, 0.717) is 6.04 Å². The van der Waals surface area contributed by atoms with Crippen molar-refractivity contribution in [1.82, 2.24) is 9.55 Å². The summed E-state index contributed by atoms with van der Waals surface area (Å²) in [4.78, 5) is 4.81. The van der Waals surface area contributed by atoms with Crippen molar-refractivity contribution in [1.29, 1.82) is 0 Å². The topological polar surface area (TPSA) is 53.1 Å². The van der Waals surface area contributed by atoms with E-state index in [2.05, 4.69) is 31.4 Å². The van der Waals surface area contributed by atoms with E-state index in [9.17, 15) is 0 Å². The van der Waals surface area contributed by atoms with Gasteiger partial charge in [0.2, 0.25) is 0 Å². The molecule has 1 fully saturated rings. The van der Waals surface area contributed by atoms with E-state index >= 15 is 0 Å². The molecule has 0 aliphatic heterocycles. The van der Waals surface area contributed by atoms with Crippen LogP contribution < -0.4 is 10.5 Å². The molecule has 0 spiro atoms. The van der Waals surface area contributed by atoms with Gasteiger partial charge in [0.1, 0.15) is 11.6 Å². The number of nitrogens with zero attached hydrogens (tertiary/aromatic N) is 2. The lowest BCUT2D eigenvalue weighted by atomic mass is 9.87. The minimum absolute atomic E-state index is 0.00188. The molecule has 3 rings (SSSR count). The maximum atomic E-state index is 6.46. The Balaban J connectivity index is 2.17. The molecule has 0 saturated heterocycles. The zero-order valence-electron chi connectivity index (χ0n) is 12.7. The van der Waals surface area contributed by atoms with Gasteiger partial charge in [0.25, 0.3) is 0 Å². The van der Waals surface area contributed by atoms with Gasteiger partial charge in [-0.2, -0.15) is 0 Å². The minimum atomic E-state index is -0.0681. The van der Waals surface area contributed by atoms with E-state index < -0.39 is 0 Å². The van der Waals surface area contributed by atoms with Gasteiger partial charge in [-0.3, -0.25) is 0 Å². The molecule has 2 N–H and O–H groups in total. The zero-order chi connectivity index (χ0) is 14.5. The van der Waals surface area contributed by atoms with Crippen LogP contribution in [-0.2, 0) is 0 Å². The molecule has 1 heterocycles. The number of ether oxygens (including phenoxy) is 1. The van der Waals surface area contributed by atoms with Crippen LogP contribution in [-0.4, -0.2) is 16.7 Å². The highest BCUT2D eigenvalue weighted by Crippen LogP contribution is 2.42. The maximum absolute atomic E-state index is 6.46. The van der Waals surface area contributed by atoms with E-state index in [1.165, 1.54) is 18.4 Å². The van der Waals surface area contributed by atoms with Gasteiger partial charge in [-0.25, -0.2) is 4.98 Å². The SMILES string of the molecule is COc1ccc2c(c1)nc(C(N)C(C)(C)C)n2C1CC1. The third-order valence-corrected chi connectivity index (χ3v) is 4.05. The van der Waals surface area contributed by atoms with E-state index in [-0.39, 0.29) is 11.5 Å². The molecule has 108 valence electrons. The summed E-state index contributed by atoms with van der Waals surface area (Å²) in [5.41, 5.74) is 8.60. The number of nitrogens with two attached hydrogens (primary N) is 1. The summed E-state index contributed by atoms with van der Waals surface area (Å²) < 4.78 is 7.63. The molecule has 4 heteroatoms. The molecule has 0 radical (unpaired) electrons. The van der Waals surface area contributed by atoms with Gasteiger partial charge in [-0.15, -0.1) is 0 Å². The largest absolute Gasteiger partial charge is 0.497 e. The van der Waals surface area contributed by atoms with Crippen molar-refractivity contribution in [3.63, 3.8) is 0 Å². The maximum Gasteiger partial charge on any atom is 0.127 e. The van der Waals surface area contributed by atoms with Crippen LogP contribution in [0.15, 0.2) is 18.2 Å². The second kappa shape index (κ2) is 4.48. The molecule has 1 saturated carbocycles. The predicted octanol–water partition coefficient (Wildman–Crippen LogP) is 3.43. The monoisotopic (exact) mass is 273 g/mol. The lowest BCUT2D eigenvalue weighted by Gasteiger charge is -2.27. The normalized spacial score (nSPS) is 17.4. The first-order valence-corrected chi connectivity index (χ1v) is 7.23. The van der Waals surface area contributed by atoms with Crippen molar-refractivity contribution in [3.8, 4) is 5.75 Å². The summed E-state index contributed by atoms with van der Waals surface area (Å²) in [6.07, 6.45) is 2.45. The fourth-order valence-corrected chi connectivity index (χ4v) is 2.55. The highest BCUT2D eigenvalue weighted by molar-refractivity contribution is 5.78. The van der Waals surface area contributed by atoms with Crippen LogP contribution in [0.3, 0.4) is 0 Å². The first-order chi connectivity index (χ1) is 9.41. The van der Waals surface area contributed by atoms with E-state index in [4.69, 9.17) is 15.5 Å². The second-order valence-electron chi connectivity index (χ2n) is 6.77. The lowest BCUT2D eigenvalue weighted by Crippen LogP contribution is -2.29. The molecule has 2 aromatic rings. The summed E-state index contributed by atoms with van der Waals surface area (Å²) in [7, 11) is 1.68. The van der Waals surface area contributed by atoms with Crippen molar-refractivity contribution >= 4 is 11.0 Å². The summed E-state index contributed by atoms with van der Waals surface area (Å²) in [5.74, 6) is 1.84. The van der Waals surface area contributed by atoms with Crippen LogP contribution in [0.2, 0.25) is 0 Å². The Morgan fingerprint density at radius 3 is 2.60 bits per heavy atom. The van der Waals surface area contributed by atoms with E-state index in [1.807, 2.05) is 12.1 Å². The summed E-state index contributed by atoms with van der Waals surface area (Å²) in [6.45, 7) is 6.48. The Morgan fingerprint density at radius 1 is 1.35 bits per heavy atom. The van der Waals surface area contributed by atoms with Gasteiger partial charge in [0, 0.05) is 12.1 Å². The summed E-state index contributed by atoms with van der Waals surface area (Å²) >= 11 is 0. The van der Waals surface area contributed by atoms with Crippen molar-refractivity contribution in [3.05, 3.63) is 24.0 Å². The molecule has 0 amide bonds. The molecule has 1 aromatic heterocycles.